The average Bonchev–Trinajstić information content (AvgIpc) is 2.28. The van der Waals surface area contributed by atoms with Crippen LogP contribution in [0.4, 0.5) is 5.69 Å². The molecule has 1 nitrogen and oxygen atoms in total. The molecule has 0 radical (unpaired) electrons. The van der Waals surface area contributed by atoms with E-state index in [2.05, 4.69) is 64.6 Å². The van der Waals surface area contributed by atoms with E-state index in [1.54, 1.807) is 0 Å². The Labute approximate surface area is 112 Å². The second-order valence-corrected chi connectivity index (χ2v) is 6.85. The Balaban J connectivity index is 2.52. The molecular formula is C17H27N. The summed E-state index contributed by atoms with van der Waals surface area (Å²) in [5, 5.41) is 0. The van der Waals surface area contributed by atoms with Crippen molar-refractivity contribution in [2.75, 3.05) is 11.4 Å². The zero-order chi connectivity index (χ0) is 13.5. The molecule has 0 spiro atoms. The van der Waals surface area contributed by atoms with Crippen LogP contribution in [0, 0.1) is 0 Å². The van der Waals surface area contributed by atoms with Crippen molar-refractivity contribution in [1.29, 1.82) is 0 Å². The molecule has 0 bridgehead atoms. The maximum atomic E-state index is 2.55. The Hall–Kier alpha value is -0.980. The van der Waals surface area contributed by atoms with Gasteiger partial charge in [-0.2, -0.15) is 0 Å². The Kier molecular flexibility index (Phi) is 3.44. The first-order valence-electron chi connectivity index (χ1n) is 7.24. The van der Waals surface area contributed by atoms with Crippen molar-refractivity contribution in [1.82, 2.24) is 0 Å². The van der Waals surface area contributed by atoms with Crippen LogP contribution in [0.15, 0.2) is 18.2 Å². The number of nitrogens with zero attached hydrogens (tertiary/aromatic N) is 1. The lowest BCUT2D eigenvalue weighted by Crippen LogP contribution is -2.41. The Morgan fingerprint density at radius 3 is 2.33 bits per heavy atom. The molecule has 0 saturated heterocycles. The minimum atomic E-state index is 0.311. The number of anilines is 1. The maximum Gasteiger partial charge on any atom is 0.0406 e. The third kappa shape index (κ3) is 2.28. The molecule has 0 amide bonds. The molecule has 1 aliphatic heterocycles. The highest BCUT2D eigenvalue weighted by molar-refractivity contribution is 5.60. The normalized spacial score (nSPS) is 18.3. The zero-order valence-corrected chi connectivity index (χ0v) is 12.7. The van der Waals surface area contributed by atoms with E-state index >= 15 is 0 Å². The van der Waals surface area contributed by atoms with Gasteiger partial charge in [0.15, 0.2) is 0 Å². The summed E-state index contributed by atoms with van der Waals surface area (Å²) in [5.74, 6) is 0.612. The van der Waals surface area contributed by atoms with Crippen molar-refractivity contribution in [3.05, 3.63) is 29.3 Å². The number of hydrogen-bond acceptors (Lipinski definition) is 1. The van der Waals surface area contributed by atoms with Crippen LogP contribution < -0.4 is 4.90 Å². The van der Waals surface area contributed by atoms with Gasteiger partial charge in [-0.15, -0.1) is 0 Å². The summed E-state index contributed by atoms with van der Waals surface area (Å²) in [5.41, 5.74) is 4.76. The van der Waals surface area contributed by atoms with Gasteiger partial charge in [-0.1, -0.05) is 39.8 Å². The summed E-state index contributed by atoms with van der Waals surface area (Å²) < 4.78 is 0. The molecule has 1 heteroatoms. The molecule has 0 atom stereocenters. The molecule has 18 heavy (non-hydrogen) atoms. The first-order valence-corrected chi connectivity index (χ1v) is 7.24. The molecule has 2 rings (SSSR count). The van der Waals surface area contributed by atoms with Crippen molar-refractivity contribution in [2.45, 2.75) is 65.3 Å². The largest absolute Gasteiger partial charge is 0.369 e. The topological polar surface area (TPSA) is 3.24 Å². The van der Waals surface area contributed by atoms with E-state index in [4.69, 9.17) is 0 Å². The van der Waals surface area contributed by atoms with E-state index in [0.29, 0.717) is 17.4 Å². The molecule has 0 unspecified atom stereocenters. The van der Waals surface area contributed by atoms with Crippen molar-refractivity contribution in [2.24, 2.45) is 0 Å². The number of hydrogen-bond donors (Lipinski definition) is 0. The van der Waals surface area contributed by atoms with Gasteiger partial charge in [0, 0.05) is 18.3 Å². The van der Waals surface area contributed by atoms with Crippen molar-refractivity contribution < 1.29 is 0 Å². The SMILES string of the molecule is CC(C)c1ccc2c(c1)C(C)(C)CCN2C(C)C. The molecule has 0 fully saturated rings. The van der Waals surface area contributed by atoms with Crippen LogP contribution >= 0.6 is 0 Å². The van der Waals surface area contributed by atoms with Gasteiger partial charge in [0.1, 0.15) is 0 Å². The lowest BCUT2D eigenvalue weighted by atomic mass is 9.76. The summed E-state index contributed by atoms with van der Waals surface area (Å²) in [7, 11) is 0. The van der Waals surface area contributed by atoms with Gasteiger partial charge in [0.2, 0.25) is 0 Å². The van der Waals surface area contributed by atoms with Gasteiger partial charge in [0.05, 0.1) is 0 Å². The quantitative estimate of drug-likeness (QED) is 0.729. The number of fused-ring (bicyclic) bond motifs is 1. The minimum absolute atomic E-state index is 0.311. The van der Waals surface area contributed by atoms with Gasteiger partial charge in [-0.05, 0) is 48.8 Å². The second-order valence-electron chi connectivity index (χ2n) is 6.85. The van der Waals surface area contributed by atoms with Crippen LogP contribution in [-0.2, 0) is 5.41 Å². The van der Waals surface area contributed by atoms with E-state index in [1.807, 2.05) is 0 Å². The zero-order valence-electron chi connectivity index (χ0n) is 12.7. The highest BCUT2D eigenvalue weighted by atomic mass is 15.2. The summed E-state index contributed by atoms with van der Waals surface area (Å²) in [6, 6.07) is 7.67. The molecule has 1 aromatic rings. The monoisotopic (exact) mass is 245 g/mol. The highest BCUT2D eigenvalue weighted by Gasteiger charge is 2.32. The maximum absolute atomic E-state index is 2.55. The van der Waals surface area contributed by atoms with Crippen molar-refractivity contribution in [3.63, 3.8) is 0 Å². The Bertz CT molecular complexity index is 429. The predicted molar refractivity (Wildman–Crippen MR) is 80.7 cm³/mol. The fraction of sp³-hybridized carbons (Fsp3) is 0.647. The smallest absolute Gasteiger partial charge is 0.0406 e. The van der Waals surface area contributed by atoms with Crippen molar-refractivity contribution in [3.8, 4) is 0 Å². The van der Waals surface area contributed by atoms with Crippen LogP contribution in [0.3, 0.4) is 0 Å². The molecule has 0 aliphatic carbocycles. The second kappa shape index (κ2) is 4.60. The molecule has 1 aromatic carbocycles. The molecular weight excluding hydrogens is 218 g/mol. The predicted octanol–water partition coefficient (Wildman–Crippen LogP) is 4.71. The molecule has 0 N–H and O–H groups in total. The molecule has 100 valence electrons. The van der Waals surface area contributed by atoms with Crippen LogP contribution in [0.25, 0.3) is 0 Å². The van der Waals surface area contributed by atoms with E-state index in [0.717, 1.165) is 0 Å². The van der Waals surface area contributed by atoms with Gasteiger partial charge >= 0.3 is 0 Å². The third-order valence-electron chi connectivity index (χ3n) is 4.33. The van der Waals surface area contributed by atoms with Gasteiger partial charge in [-0.25, -0.2) is 0 Å². The number of rotatable bonds is 2. The van der Waals surface area contributed by atoms with E-state index in [9.17, 15) is 0 Å². The fourth-order valence-electron chi connectivity index (χ4n) is 2.90. The Morgan fingerprint density at radius 1 is 1.11 bits per heavy atom. The lowest BCUT2D eigenvalue weighted by Gasteiger charge is -2.42. The molecule has 0 saturated carbocycles. The van der Waals surface area contributed by atoms with Gasteiger partial charge in [0.25, 0.3) is 0 Å². The lowest BCUT2D eigenvalue weighted by molar-refractivity contribution is 0.441. The number of benzene rings is 1. The summed E-state index contributed by atoms with van der Waals surface area (Å²) in [4.78, 5) is 2.55. The standard InChI is InChI=1S/C17H27N/c1-12(2)14-7-8-16-15(11-14)17(5,6)9-10-18(16)13(3)4/h7-8,11-13H,9-10H2,1-6H3. The van der Waals surface area contributed by atoms with Gasteiger partial charge < -0.3 is 4.90 Å². The van der Waals surface area contributed by atoms with Crippen LogP contribution in [0.5, 0.6) is 0 Å². The van der Waals surface area contributed by atoms with Gasteiger partial charge in [-0.3, -0.25) is 0 Å². The fourth-order valence-corrected chi connectivity index (χ4v) is 2.90. The Morgan fingerprint density at radius 2 is 1.78 bits per heavy atom. The van der Waals surface area contributed by atoms with Crippen LogP contribution in [0.2, 0.25) is 0 Å². The van der Waals surface area contributed by atoms with Crippen molar-refractivity contribution >= 4 is 5.69 Å². The van der Waals surface area contributed by atoms with Crippen LogP contribution in [0.1, 0.15) is 65.0 Å². The van der Waals surface area contributed by atoms with E-state index < -0.39 is 0 Å². The van der Waals surface area contributed by atoms with E-state index in [-0.39, 0.29) is 0 Å². The summed E-state index contributed by atoms with van der Waals surface area (Å²) >= 11 is 0. The third-order valence-corrected chi connectivity index (χ3v) is 4.33. The first kappa shape index (κ1) is 13.5. The van der Waals surface area contributed by atoms with E-state index in [1.165, 1.54) is 29.8 Å². The summed E-state index contributed by atoms with van der Waals surface area (Å²) in [6.07, 6.45) is 1.25. The molecule has 1 aliphatic rings. The molecule has 1 heterocycles. The highest BCUT2D eigenvalue weighted by Crippen LogP contribution is 2.41. The van der Waals surface area contributed by atoms with Crippen LogP contribution in [-0.4, -0.2) is 12.6 Å². The average molecular weight is 245 g/mol. The molecule has 0 aromatic heterocycles. The summed E-state index contributed by atoms with van der Waals surface area (Å²) in [6.45, 7) is 15.1. The first-order chi connectivity index (χ1) is 8.33. The minimum Gasteiger partial charge on any atom is -0.369 e.